The average Bonchev–Trinajstić information content (AvgIpc) is 2.43. The number of carbonyl (C=O) groups excluding carboxylic acids is 1. The normalized spacial score (nSPS) is 12.0. The van der Waals surface area contributed by atoms with E-state index in [4.69, 9.17) is 16.3 Å². The SMILES string of the molecule is CC(=O)OC(C)CCCC/C=C\C#CC#C/C=C\C=C/Cl. The lowest BCUT2D eigenvalue weighted by molar-refractivity contribution is -0.145. The molecule has 1 unspecified atom stereocenters. The van der Waals surface area contributed by atoms with E-state index >= 15 is 0 Å². The number of hydrogen-bond acceptors (Lipinski definition) is 2. The number of esters is 1. The highest BCUT2D eigenvalue weighted by molar-refractivity contribution is 6.25. The van der Waals surface area contributed by atoms with Crippen LogP contribution in [0.2, 0.25) is 0 Å². The Labute approximate surface area is 132 Å². The summed E-state index contributed by atoms with van der Waals surface area (Å²) < 4.78 is 5.05. The van der Waals surface area contributed by atoms with Crippen LogP contribution in [0.25, 0.3) is 0 Å². The molecular formula is C18H21ClO2. The lowest BCUT2D eigenvalue weighted by Gasteiger charge is -2.10. The number of unbranched alkanes of at least 4 members (excludes halogenated alkanes) is 2. The molecule has 0 radical (unpaired) electrons. The second kappa shape index (κ2) is 14.5. The van der Waals surface area contributed by atoms with Crippen molar-refractivity contribution < 1.29 is 9.53 Å². The van der Waals surface area contributed by atoms with Gasteiger partial charge in [-0.05, 0) is 56.6 Å². The van der Waals surface area contributed by atoms with Crippen LogP contribution >= 0.6 is 11.6 Å². The van der Waals surface area contributed by atoms with Crippen LogP contribution in [-0.4, -0.2) is 12.1 Å². The summed E-state index contributed by atoms with van der Waals surface area (Å²) in [4.78, 5) is 10.7. The monoisotopic (exact) mass is 304 g/mol. The topological polar surface area (TPSA) is 26.3 Å². The first-order chi connectivity index (χ1) is 10.2. The molecule has 0 aliphatic heterocycles. The van der Waals surface area contributed by atoms with Crippen molar-refractivity contribution in [3.8, 4) is 23.7 Å². The minimum absolute atomic E-state index is 0.00301. The first kappa shape index (κ1) is 19.1. The Bertz CT molecular complexity index is 493. The van der Waals surface area contributed by atoms with Crippen LogP contribution in [0, 0.1) is 23.7 Å². The summed E-state index contributed by atoms with van der Waals surface area (Å²) in [5.74, 6) is 10.8. The second-order valence-electron chi connectivity index (χ2n) is 4.32. The molecule has 0 aliphatic carbocycles. The maximum atomic E-state index is 10.7. The fourth-order valence-electron chi connectivity index (χ4n) is 1.48. The van der Waals surface area contributed by atoms with Crippen molar-refractivity contribution in [2.45, 2.75) is 45.6 Å². The fraction of sp³-hybridized carbons (Fsp3) is 0.389. The largest absolute Gasteiger partial charge is 0.463 e. The molecule has 0 saturated heterocycles. The van der Waals surface area contributed by atoms with Crippen LogP contribution in [0.3, 0.4) is 0 Å². The van der Waals surface area contributed by atoms with Crippen molar-refractivity contribution >= 4 is 17.6 Å². The van der Waals surface area contributed by atoms with Gasteiger partial charge in [-0.3, -0.25) is 4.79 Å². The lowest BCUT2D eigenvalue weighted by Crippen LogP contribution is -2.11. The number of allylic oxidation sites excluding steroid dienone is 5. The summed E-state index contributed by atoms with van der Waals surface area (Å²) >= 11 is 5.34. The Morgan fingerprint density at radius 1 is 1.19 bits per heavy atom. The van der Waals surface area contributed by atoms with Crippen molar-refractivity contribution in [3.63, 3.8) is 0 Å². The molecule has 0 aromatic carbocycles. The van der Waals surface area contributed by atoms with Gasteiger partial charge in [-0.25, -0.2) is 0 Å². The molecule has 0 spiro atoms. The quantitative estimate of drug-likeness (QED) is 0.302. The maximum Gasteiger partial charge on any atom is 0.302 e. The van der Waals surface area contributed by atoms with E-state index in [1.807, 2.05) is 19.1 Å². The average molecular weight is 305 g/mol. The van der Waals surface area contributed by atoms with E-state index in [0.29, 0.717) is 0 Å². The number of rotatable bonds is 7. The summed E-state index contributed by atoms with van der Waals surface area (Å²) in [5, 5.41) is 0. The first-order valence-corrected chi connectivity index (χ1v) is 7.35. The van der Waals surface area contributed by atoms with E-state index in [9.17, 15) is 4.79 Å². The van der Waals surface area contributed by atoms with Crippen LogP contribution in [0.15, 0.2) is 35.9 Å². The van der Waals surface area contributed by atoms with Crippen molar-refractivity contribution in [1.29, 1.82) is 0 Å². The molecule has 3 heteroatoms. The number of halogens is 1. The zero-order valence-corrected chi connectivity index (χ0v) is 13.3. The van der Waals surface area contributed by atoms with E-state index < -0.39 is 0 Å². The standard InChI is InChI=1S/C18H21ClO2/c1-17(21-18(2)20)15-13-11-9-7-5-3-4-6-8-10-12-14-16-19/h5,7,10,12,14,16-17H,9,11,13,15H2,1-2H3/b7-5-,12-10-,16-14-. The Morgan fingerprint density at radius 3 is 2.57 bits per heavy atom. The van der Waals surface area contributed by atoms with Gasteiger partial charge in [-0.15, -0.1) is 0 Å². The molecule has 0 fully saturated rings. The van der Waals surface area contributed by atoms with Crippen molar-refractivity contribution in [3.05, 3.63) is 35.9 Å². The third-order valence-electron chi connectivity index (χ3n) is 2.37. The van der Waals surface area contributed by atoms with E-state index in [0.717, 1.165) is 25.7 Å². The molecule has 1 atom stereocenters. The number of hydrogen-bond donors (Lipinski definition) is 0. The van der Waals surface area contributed by atoms with Gasteiger partial charge < -0.3 is 4.74 Å². The van der Waals surface area contributed by atoms with Gasteiger partial charge in [0, 0.05) is 12.5 Å². The van der Waals surface area contributed by atoms with Crippen LogP contribution in [0.5, 0.6) is 0 Å². The zero-order chi connectivity index (χ0) is 15.8. The highest BCUT2D eigenvalue weighted by Crippen LogP contribution is 2.06. The zero-order valence-electron chi connectivity index (χ0n) is 12.6. The summed E-state index contributed by atoms with van der Waals surface area (Å²) in [6.45, 7) is 3.35. The first-order valence-electron chi connectivity index (χ1n) is 6.92. The predicted octanol–water partition coefficient (Wildman–Crippen LogP) is 4.37. The fourth-order valence-corrected chi connectivity index (χ4v) is 1.56. The lowest BCUT2D eigenvalue weighted by atomic mass is 10.1. The molecule has 0 N–H and O–H groups in total. The molecule has 0 amide bonds. The smallest absolute Gasteiger partial charge is 0.302 e. The highest BCUT2D eigenvalue weighted by Gasteiger charge is 2.03. The van der Waals surface area contributed by atoms with Gasteiger partial charge >= 0.3 is 5.97 Å². The van der Waals surface area contributed by atoms with E-state index in [-0.39, 0.29) is 12.1 Å². The second-order valence-corrected chi connectivity index (χ2v) is 4.58. The van der Waals surface area contributed by atoms with Crippen LogP contribution in [0.1, 0.15) is 39.5 Å². The Morgan fingerprint density at radius 2 is 1.90 bits per heavy atom. The molecule has 0 bridgehead atoms. The van der Waals surface area contributed by atoms with Gasteiger partial charge in [0.05, 0.1) is 6.10 Å². The van der Waals surface area contributed by atoms with Crippen molar-refractivity contribution in [2.75, 3.05) is 0 Å². The molecule has 0 aromatic rings. The minimum Gasteiger partial charge on any atom is -0.463 e. The van der Waals surface area contributed by atoms with Gasteiger partial charge in [0.2, 0.25) is 0 Å². The molecule has 0 aromatic heterocycles. The Balaban J connectivity index is 3.68. The molecule has 112 valence electrons. The van der Waals surface area contributed by atoms with E-state index in [1.54, 1.807) is 18.2 Å². The minimum atomic E-state index is -0.215. The van der Waals surface area contributed by atoms with Gasteiger partial charge in [0.25, 0.3) is 0 Å². The molecular weight excluding hydrogens is 284 g/mol. The highest BCUT2D eigenvalue weighted by atomic mass is 35.5. The molecule has 0 saturated carbocycles. The maximum absolute atomic E-state index is 10.7. The summed E-state index contributed by atoms with van der Waals surface area (Å²) in [5.41, 5.74) is 1.42. The number of carbonyl (C=O) groups is 1. The Hall–Kier alpha value is -1.90. The van der Waals surface area contributed by atoms with E-state index in [1.165, 1.54) is 12.5 Å². The molecule has 0 aliphatic rings. The van der Waals surface area contributed by atoms with Gasteiger partial charge in [0.15, 0.2) is 0 Å². The van der Waals surface area contributed by atoms with Crippen LogP contribution in [-0.2, 0) is 9.53 Å². The van der Waals surface area contributed by atoms with Gasteiger partial charge in [-0.1, -0.05) is 41.7 Å². The van der Waals surface area contributed by atoms with Gasteiger partial charge in [-0.2, -0.15) is 0 Å². The molecule has 0 heterocycles. The molecule has 2 nitrogen and oxygen atoms in total. The van der Waals surface area contributed by atoms with E-state index in [2.05, 4.69) is 23.7 Å². The number of ether oxygens (including phenoxy) is 1. The summed E-state index contributed by atoms with van der Waals surface area (Å²) in [6, 6.07) is 0. The van der Waals surface area contributed by atoms with Crippen LogP contribution in [0.4, 0.5) is 0 Å². The third-order valence-corrected chi connectivity index (χ3v) is 2.52. The molecule has 21 heavy (non-hydrogen) atoms. The summed E-state index contributed by atoms with van der Waals surface area (Å²) in [6.07, 6.45) is 12.9. The Kier molecular flexibility index (Phi) is 13.2. The van der Waals surface area contributed by atoms with Crippen molar-refractivity contribution in [2.24, 2.45) is 0 Å². The van der Waals surface area contributed by atoms with Crippen molar-refractivity contribution in [1.82, 2.24) is 0 Å². The predicted molar refractivity (Wildman–Crippen MR) is 88.5 cm³/mol. The van der Waals surface area contributed by atoms with Crippen LogP contribution < -0.4 is 0 Å². The van der Waals surface area contributed by atoms with Gasteiger partial charge in [0.1, 0.15) is 0 Å². The summed E-state index contributed by atoms with van der Waals surface area (Å²) in [7, 11) is 0. The molecule has 0 rings (SSSR count). The third kappa shape index (κ3) is 16.0.